The largest absolute Gasteiger partial charge is 0.352 e. The fourth-order valence-electron chi connectivity index (χ4n) is 1.95. The molecule has 0 aliphatic heterocycles. The summed E-state index contributed by atoms with van der Waals surface area (Å²) in [4.78, 5) is 10.4. The molecule has 0 aliphatic carbocycles. The van der Waals surface area contributed by atoms with Gasteiger partial charge in [-0.15, -0.1) is 0 Å². The molecule has 1 atom stereocenters. The lowest BCUT2D eigenvalue weighted by atomic mass is 10.0. The molecule has 5 heteroatoms. The minimum Gasteiger partial charge on any atom is -0.352 e. The predicted octanol–water partition coefficient (Wildman–Crippen LogP) is 3.58. The van der Waals surface area contributed by atoms with Crippen LogP contribution in [-0.4, -0.2) is 6.41 Å². The van der Waals surface area contributed by atoms with Gasteiger partial charge in [0.2, 0.25) is 6.41 Å². The van der Waals surface area contributed by atoms with E-state index >= 15 is 0 Å². The Balaban J connectivity index is 2.38. The zero-order valence-corrected chi connectivity index (χ0v) is 10.7. The molecule has 0 spiro atoms. The maximum Gasteiger partial charge on any atom is 0.207 e. The van der Waals surface area contributed by atoms with E-state index in [0.717, 1.165) is 5.56 Å². The normalized spacial score (nSPS) is 12.0. The molecule has 0 saturated carbocycles. The van der Waals surface area contributed by atoms with Crippen LogP contribution < -0.4 is 5.32 Å². The van der Waals surface area contributed by atoms with Crippen LogP contribution in [0.4, 0.5) is 13.2 Å². The Kier molecular flexibility index (Phi) is 4.08. The Morgan fingerprint density at radius 3 is 2.10 bits per heavy atom. The smallest absolute Gasteiger partial charge is 0.207 e. The summed E-state index contributed by atoms with van der Waals surface area (Å²) in [5.74, 6) is -2.85. The maximum absolute atomic E-state index is 13.6. The molecule has 2 rings (SSSR count). The van der Waals surface area contributed by atoms with Crippen LogP contribution in [-0.2, 0) is 4.79 Å². The molecule has 1 amide bonds. The first-order valence-electron chi connectivity index (χ1n) is 5.97. The van der Waals surface area contributed by atoms with Gasteiger partial charge in [-0.3, -0.25) is 4.79 Å². The Bertz CT molecular complexity index is 603. The van der Waals surface area contributed by atoms with Gasteiger partial charge in [-0.2, -0.15) is 0 Å². The summed E-state index contributed by atoms with van der Waals surface area (Å²) in [5, 5.41) is 2.57. The van der Waals surface area contributed by atoms with Crippen molar-refractivity contribution in [1.82, 2.24) is 5.32 Å². The number of hydrogen-bond acceptors (Lipinski definition) is 1. The molecule has 2 aromatic rings. The summed E-state index contributed by atoms with van der Waals surface area (Å²) >= 11 is 0. The molecule has 2 aromatic carbocycles. The standard InChI is InChI=1S/C15H12F3NO/c1-9(19-8-20)10-2-4-11(5-3-10)15-13(17)6-12(16)7-14(15)18/h2-9H,1H3,(H,19,20). The monoisotopic (exact) mass is 279 g/mol. The van der Waals surface area contributed by atoms with Gasteiger partial charge in [-0.05, 0) is 18.1 Å². The number of carbonyl (C=O) groups is 1. The van der Waals surface area contributed by atoms with Crippen molar-refractivity contribution >= 4 is 6.41 Å². The van der Waals surface area contributed by atoms with Gasteiger partial charge in [0.1, 0.15) is 17.5 Å². The number of carbonyl (C=O) groups excluding carboxylic acids is 1. The predicted molar refractivity (Wildman–Crippen MR) is 69.4 cm³/mol. The maximum atomic E-state index is 13.6. The summed E-state index contributed by atoms with van der Waals surface area (Å²) in [7, 11) is 0. The van der Waals surface area contributed by atoms with Crippen molar-refractivity contribution in [3.8, 4) is 11.1 Å². The van der Waals surface area contributed by atoms with E-state index in [2.05, 4.69) is 5.32 Å². The van der Waals surface area contributed by atoms with Crippen molar-refractivity contribution in [2.24, 2.45) is 0 Å². The Labute approximate surface area is 114 Å². The lowest BCUT2D eigenvalue weighted by molar-refractivity contribution is -0.110. The molecule has 0 aliphatic rings. The van der Waals surface area contributed by atoms with Gasteiger partial charge in [0.05, 0.1) is 11.6 Å². The van der Waals surface area contributed by atoms with Crippen molar-refractivity contribution in [2.45, 2.75) is 13.0 Å². The SMILES string of the molecule is CC(NC=O)c1ccc(-c2c(F)cc(F)cc2F)cc1. The molecule has 0 bridgehead atoms. The summed E-state index contributed by atoms with van der Waals surface area (Å²) in [5.41, 5.74) is 0.833. The van der Waals surface area contributed by atoms with Gasteiger partial charge < -0.3 is 5.32 Å². The van der Waals surface area contributed by atoms with Crippen LogP contribution in [0.3, 0.4) is 0 Å². The molecule has 1 unspecified atom stereocenters. The van der Waals surface area contributed by atoms with Gasteiger partial charge in [-0.25, -0.2) is 13.2 Å². The zero-order valence-electron chi connectivity index (χ0n) is 10.7. The van der Waals surface area contributed by atoms with Crippen molar-refractivity contribution in [2.75, 3.05) is 0 Å². The molecule has 0 fully saturated rings. The van der Waals surface area contributed by atoms with E-state index < -0.39 is 17.5 Å². The van der Waals surface area contributed by atoms with E-state index in [1.807, 2.05) is 0 Å². The number of halogens is 3. The molecule has 0 heterocycles. The molecule has 2 nitrogen and oxygen atoms in total. The summed E-state index contributed by atoms with van der Waals surface area (Å²) in [6.45, 7) is 1.78. The summed E-state index contributed by atoms with van der Waals surface area (Å²) in [6, 6.07) is 7.43. The Morgan fingerprint density at radius 2 is 1.60 bits per heavy atom. The number of hydrogen-bond donors (Lipinski definition) is 1. The zero-order chi connectivity index (χ0) is 14.7. The highest BCUT2D eigenvalue weighted by molar-refractivity contribution is 5.65. The van der Waals surface area contributed by atoms with Crippen molar-refractivity contribution in [3.63, 3.8) is 0 Å². The van der Waals surface area contributed by atoms with Gasteiger partial charge in [0, 0.05) is 12.1 Å². The fourth-order valence-corrected chi connectivity index (χ4v) is 1.95. The molecule has 20 heavy (non-hydrogen) atoms. The second-order valence-electron chi connectivity index (χ2n) is 4.37. The minimum absolute atomic E-state index is 0.204. The number of rotatable bonds is 4. The van der Waals surface area contributed by atoms with Crippen molar-refractivity contribution < 1.29 is 18.0 Å². The van der Waals surface area contributed by atoms with Crippen LogP contribution in [0.25, 0.3) is 11.1 Å². The lowest BCUT2D eigenvalue weighted by Gasteiger charge is -2.12. The topological polar surface area (TPSA) is 29.1 Å². The molecule has 0 aromatic heterocycles. The lowest BCUT2D eigenvalue weighted by Crippen LogP contribution is -2.15. The highest BCUT2D eigenvalue weighted by Gasteiger charge is 2.14. The van der Waals surface area contributed by atoms with Crippen LogP contribution in [0, 0.1) is 17.5 Å². The first kappa shape index (κ1) is 14.1. The van der Waals surface area contributed by atoms with Crippen LogP contribution >= 0.6 is 0 Å². The van der Waals surface area contributed by atoms with Gasteiger partial charge in [0.25, 0.3) is 0 Å². The number of amides is 1. The minimum atomic E-state index is -0.954. The summed E-state index contributed by atoms with van der Waals surface area (Å²) < 4.78 is 40.1. The first-order valence-corrected chi connectivity index (χ1v) is 5.97. The first-order chi connectivity index (χ1) is 9.52. The van der Waals surface area contributed by atoms with Crippen LogP contribution in [0.5, 0.6) is 0 Å². The molecular formula is C15H12F3NO. The highest BCUT2D eigenvalue weighted by atomic mass is 19.1. The Morgan fingerprint density at radius 1 is 1.05 bits per heavy atom. The second-order valence-corrected chi connectivity index (χ2v) is 4.37. The third-order valence-corrected chi connectivity index (χ3v) is 3.02. The van der Waals surface area contributed by atoms with Gasteiger partial charge in [-0.1, -0.05) is 24.3 Å². The van der Waals surface area contributed by atoms with Crippen molar-refractivity contribution in [3.05, 3.63) is 59.4 Å². The second kappa shape index (κ2) is 5.77. The average Bonchev–Trinajstić information content (AvgIpc) is 2.38. The van der Waals surface area contributed by atoms with E-state index in [1.54, 1.807) is 19.1 Å². The molecule has 0 saturated heterocycles. The summed E-state index contributed by atoms with van der Waals surface area (Å²) in [6.07, 6.45) is 0.581. The molecule has 104 valence electrons. The van der Waals surface area contributed by atoms with Crippen molar-refractivity contribution in [1.29, 1.82) is 0 Å². The van der Waals surface area contributed by atoms with E-state index in [0.29, 0.717) is 24.1 Å². The van der Waals surface area contributed by atoms with E-state index in [1.165, 1.54) is 12.1 Å². The van der Waals surface area contributed by atoms with Gasteiger partial charge >= 0.3 is 0 Å². The van der Waals surface area contributed by atoms with Crippen LogP contribution in [0.15, 0.2) is 36.4 Å². The molecule has 0 radical (unpaired) electrons. The average molecular weight is 279 g/mol. The van der Waals surface area contributed by atoms with E-state index in [-0.39, 0.29) is 11.6 Å². The van der Waals surface area contributed by atoms with Crippen LogP contribution in [0.1, 0.15) is 18.5 Å². The third kappa shape index (κ3) is 2.82. The van der Waals surface area contributed by atoms with Crippen LogP contribution in [0.2, 0.25) is 0 Å². The van der Waals surface area contributed by atoms with E-state index in [4.69, 9.17) is 0 Å². The molecular weight excluding hydrogens is 267 g/mol. The van der Waals surface area contributed by atoms with Gasteiger partial charge in [0.15, 0.2) is 0 Å². The highest BCUT2D eigenvalue weighted by Crippen LogP contribution is 2.28. The van der Waals surface area contributed by atoms with E-state index in [9.17, 15) is 18.0 Å². The number of nitrogens with one attached hydrogen (secondary N) is 1. The quantitative estimate of drug-likeness (QED) is 0.852. The molecule has 1 N–H and O–H groups in total. The Hall–Kier alpha value is -2.30. The fraction of sp³-hybridized carbons (Fsp3) is 0.133. The number of benzene rings is 2. The third-order valence-electron chi connectivity index (χ3n) is 3.02.